The van der Waals surface area contributed by atoms with Crippen LogP contribution in [0.1, 0.15) is 45.7 Å². The first kappa shape index (κ1) is 16.6. The Morgan fingerprint density at radius 3 is 2.54 bits per heavy atom. The Hall–Kier alpha value is -2.83. The van der Waals surface area contributed by atoms with Gasteiger partial charge in [-0.25, -0.2) is 0 Å². The summed E-state index contributed by atoms with van der Waals surface area (Å²) in [6.45, 7) is 0. The first-order valence-electron chi connectivity index (χ1n) is 8.26. The minimum Gasteiger partial charge on any atom is -0.450 e. The largest absolute Gasteiger partial charge is 0.450 e. The minimum absolute atomic E-state index is 0.0651. The zero-order chi connectivity index (χ0) is 18.5. The molecule has 0 unspecified atom stereocenters. The van der Waals surface area contributed by atoms with Gasteiger partial charge in [-0.1, -0.05) is 0 Å². The van der Waals surface area contributed by atoms with Crippen LogP contribution in [0.2, 0.25) is 0 Å². The van der Waals surface area contributed by atoms with Crippen molar-refractivity contribution >= 4 is 22.4 Å². The molecule has 2 heterocycles. The van der Waals surface area contributed by atoms with Gasteiger partial charge in [-0.15, -0.1) is 0 Å². The van der Waals surface area contributed by atoms with E-state index in [1.165, 1.54) is 0 Å². The van der Waals surface area contributed by atoms with Crippen LogP contribution >= 0.6 is 0 Å². The molecule has 0 bridgehead atoms. The molecule has 26 heavy (non-hydrogen) atoms. The molecule has 2 N–H and O–H groups in total. The Bertz CT molecular complexity index is 1020. The summed E-state index contributed by atoms with van der Waals surface area (Å²) in [5.74, 6) is -1.20. The summed E-state index contributed by atoms with van der Waals surface area (Å²) < 4.78 is 45.2. The average molecular weight is 360 g/mol. The highest BCUT2D eigenvalue weighted by Crippen LogP contribution is 2.37. The number of alkyl halides is 3. The van der Waals surface area contributed by atoms with Crippen molar-refractivity contribution < 1.29 is 22.4 Å². The Labute approximate surface area is 146 Å². The lowest BCUT2D eigenvalue weighted by Gasteiger charge is -2.14. The van der Waals surface area contributed by atoms with Gasteiger partial charge in [0.15, 0.2) is 5.76 Å². The van der Waals surface area contributed by atoms with Crippen LogP contribution in [0.3, 0.4) is 0 Å². The van der Waals surface area contributed by atoms with Gasteiger partial charge >= 0.3 is 6.18 Å². The van der Waals surface area contributed by atoms with E-state index < -0.39 is 23.1 Å². The van der Waals surface area contributed by atoms with Crippen molar-refractivity contribution in [3.8, 4) is 0 Å². The third-order valence-electron chi connectivity index (χ3n) is 4.77. The van der Waals surface area contributed by atoms with Crippen molar-refractivity contribution in [2.45, 2.75) is 31.9 Å². The normalized spacial score (nSPS) is 14.4. The fourth-order valence-electron chi connectivity index (χ4n) is 3.46. The summed E-state index contributed by atoms with van der Waals surface area (Å²) in [4.78, 5) is 16.4. The zero-order valence-corrected chi connectivity index (χ0v) is 13.7. The van der Waals surface area contributed by atoms with Crippen LogP contribution in [0.5, 0.6) is 0 Å². The summed E-state index contributed by atoms with van der Waals surface area (Å²) >= 11 is 0. The Morgan fingerprint density at radius 2 is 1.85 bits per heavy atom. The van der Waals surface area contributed by atoms with Crippen molar-refractivity contribution in [1.29, 1.82) is 0 Å². The molecule has 4 nitrogen and oxygen atoms in total. The predicted octanol–water partition coefficient (Wildman–Crippen LogP) is 4.54. The SMILES string of the molecule is Nc1c(C(=O)c2cnccc2C(F)(F)F)oc2cc3c(cc12)CCCC3. The average Bonchev–Trinajstić information content (AvgIpc) is 2.94. The number of halogens is 3. The fraction of sp³-hybridized carbons (Fsp3) is 0.263. The number of rotatable bonds is 2. The maximum absolute atomic E-state index is 13.2. The number of aromatic nitrogens is 1. The Morgan fingerprint density at radius 1 is 1.15 bits per heavy atom. The molecule has 7 heteroatoms. The second-order valence-electron chi connectivity index (χ2n) is 6.42. The number of furan rings is 1. The van der Waals surface area contributed by atoms with Gasteiger partial charge in [0.2, 0.25) is 5.78 Å². The van der Waals surface area contributed by atoms with Crippen LogP contribution in [0.15, 0.2) is 35.0 Å². The highest BCUT2D eigenvalue weighted by atomic mass is 19.4. The van der Waals surface area contributed by atoms with Crippen molar-refractivity contribution in [2.75, 3.05) is 5.73 Å². The molecule has 0 saturated heterocycles. The molecule has 1 aliphatic carbocycles. The van der Waals surface area contributed by atoms with Crippen molar-refractivity contribution in [2.24, 2.45) is 0 Å². The monoisotopic (exact) mass is 360 g/mol. The van der Waals surface area contributed by atoms with E-state index in [0.29, 0.717) is 11.0 Å². The van der Waals surface area contributed by atoms with Gasteiger partial charge in [0.1, 0.15) is 5.58 Å². The van der Waals surface area contributed by atoms with Crippen LogP contribution in [-0.4, -0.2) is 10.8 Å². The number of benzene rings is 1. The molecular weight excluding hydrogens is 345 g/mol. The number of hydrogen-bond donors (Lipinski definition) is 1. The number of anilines is 1. The summed E-state index contributed by atoms with van der Waals surface area (Å²) in [5, 5.41) is 0.562. The molecule has 134 valence electrons. The third kappa shape index (κ3) is 2.64. The summed E-state index contributed by atoms with van der Waals surface area (Å²) in [5.41, 5.74) is 7.19. The van der Waals surface area contributed by atoms with E-state index >= 15 is 0 Å². The number of carbonyl (C=O) groups excluding carboxylic acids is 1. The van der Waals surface area contributed by atoms with Crippen molar-refractivity contribution in [3.05, 3.63) is 58.6 Å². The molecule has 0 saturated carbocycles. The molecule has 3 aromatic rings. The third-order valence-corrected chi connectivity index (χ3v) is 4.77. The number of carbonyl (C=O) groups is 1. The molecule has 1 aliphatic rings. The molecule has 0 aliphatic heterocycles. The van der Waals surface area contributed by atoms with Crippen LogP contribution in [0.4, 0.5) is 18.9 Å². The van der Waals surface area contributed by atoms with E-state index in [4.69, 9.17) is 10.2 Å². The molecule has 2 aromatic heterocycles. The van der Waals surface area contributed by atoms with E-state index in [0.717, 1.165) is 55.3 Å². The van der Waals surface area contributed by atoms with Crippen LogP contribution in [0, 0.1) is 0 Å². The number of nitrogens with zero attached hydrogens (tertiary/aromatic N) is 1. The summed E-state index contributed by atoms with van der Waals surface area (Å²) in [6.07, 6.45) is 1.19. The number of aryl methyl sites for hydroxylation is 2. The summed E-state index contributed by atoms with van der Waals surface area (Å²) in [6, 6.07) is 4.49. The number of pyridine rings is 1. The van der Waals surface area contributed by atoms with Crippen molar-refractivity contribution in [3.63, 3.8) is 0 Å². The number of ketones is 1. The lowest BCUT2D eigenvalue weighted by atomic mass is 9.90. The lowest BCUT2D eigenvalue weighted by Crippen LogP contribution is -2.14. The topological polar surface area (TPSA) is 69.1 Å². The van der Waals surface area contributed by atoms with Gasteiger partial charge in [-0.05, 0) is 55.0 Å². The molecule has 1 aromatic carbocycles. The zero-order valence-electron chi connectivity index (χ0n) is 13.7. The molecule has 0 atom stereocenters. The first-order valence-corrected chi connectivity index (χ1v) is 8.26. The molecule has 0 amide bonds. The fourth-order valence-corrected chi connectivity index (χ4v) is 3.46. The molecule has 4 rings (SSSR count). The maximum Gasteiger partial charge on any atom is 0.417 e. The summed E-state index contributed by atoms with van der Waals surface area (Å²) in [7, 11) is 0. The van der Waals surface area contributed by atoms with Crippen molar-refractivity contribution in [1.82, 2.24) is 4.98 Å². The number of hydrogen-bond acceptors (Lipinski definition) is 4. The number of fused-ring (bicyclic) bond motifs is 2. The smallest absolute Gasteiger partial charge is 0.417 e. The molecule has 0 fully saturated rings. The van der Waals surface area contributed by atoms with Gasteiger partial charge in [-0.2, -0.15) is 13.2 Å². The quantitative estimate of drug-likeness (QED) is 0.681. The lowest BCUT2D eigenvalue weighted by molar-refractivity contribution is -0.137. The van der Waals surface area contributed by atoms with E-state index in [2.05, 4.69) is 4.98 Å². The highest BCUT2D eigenvalue weighted by Gasteiger charge is 2.36. The highest BCUT2D eigenvalue weighted by molar-refractivity contribution is 6.15. The van der Waals surface area contributed by atoms with E-state index in [9.17, 15) is 18.0 Å². The van der Waals surface area contributed by atoms with Crippen LogP contribution < -0.4 is 5.73 Å². The standard InChI is InChI=1S/C19H15F3N2O2/c20-19(21,22)14-5-6-24-9-13(14)17(25)18-16(23)12-7-10-3-1-2-4-11(10)8-15(12)26-18/h5-9H,1-4,23H2. The predicted molar refractivity (Wildman–Crippen MR) is 89.9 cm³/mol. The maximum atomic E-state index is 13.2. The Balaban J connectivity index is 1.85. The molecule has 0 spiro atoms. The van der Waals surface area contributed by atoms with E-state index in [1.807, 2.05) is 12.1 Å². The first-order chi connectivity index (χ1) is 12.4. The van der Waals surface area contributed by atoms with Crippen LogP contribution in [-0.2, 0) is 19.0 Å². The minimum atomic E-state index is -4.67. The Kier molecular flexibility index (Phi) is 3.75. The number of nitrogen functional groups attached to an aromatic ring is 1. The van der Waals surface area contributed by atoms with E-state index in [-0.39, 0.29) is 11.4 Å². The van der Waals surface area contributed by atoms with Gasteiger partial charge in [0, 0.05) is 17.8 Å². The number of nitrogens with two attached hydrogens (primary N) is 1. The van der Waals surface area contributed by atoms with Gasteiger partial charge < -0.3 is 10.2 Å². The second kappa shape index (κ2) is 5.86. The second-order valence-corrected chi connectivity index (χ2v) is 6.42. The molecular formula is C19H15F3N2O2. The molecule has 0 radical (unpaired) electrons. The van der Waals surface area contributed by atoms with Crippen LogP contribution in [0.25, 0.3) is 11.0 Å². The van der Waals surface area contributed by atoms with Gasteiger partial charge in [0.25, 0.3) is 0 Å². The van der Waals surface area contributed by atoms with E-state index in [1.54, 1.807) is 0 Å². The van der Waals surface area contributed by atoms with Gasteiger partial charge in [-0.3, -0.25) is 9.78 Å². The van der Waals surface area contributed by atoms with Gasteiger partial charge in [0.05, 0.1) is 16.8 Å².